The van der Waals surface area contributed by atoms with Crippen LogP contribution < -0.4 is 10.5 Å². The molecule has 0 bridgehead atoms. The van der Waals surface area contributed by atoms with E-state index in [1.807, 2.05) is 50.4 Å². The number of ether oxygens (including phenoxy) is 1. The van der Waals surface area contributed by atoms with Gasteiger partial charge in [0, 0.05) is 24.4 Å². The highest BCUT2D eigenvalue weighted by Gasteiger charge is 2.11. The molecule has 3 rings (SSSR count). The molecule has 2 N–H and O–H groups in total. The Balaban J connectivity index is 2.20. The summed E-state index contributed by atoms with van der Waals surface area (Å²) in [6.45, 7) is 2.00. The van der Waals surface area contributed by atoms with Crippen molar-refractivity contribution in [2.24, 2.45) is 7.05 Å². The van der Waals surface area contributed by atoms with Crippen LogP contribution in [0.4, 0.5) is 5.69 Å². The molecule has 0 unspecified atom stereocenters. The molecule has 2 aromatic carbocycles. The fourth-order valence-corrected chi connectivity index (χ4v) is 2.34. The van der Waals surface area contributed by atoms with Crippen molar-refractivity contribution in [3.8, 4) is 17.1 Å². The van der Waals surface area contributed by atoms with Gasteiger partial charge in [-0.3, -0.25) is 0 Å². The molecule has 0 fully saturated rings. The van der Waals surface area contributed by atoms with Crippen molar-refractivity contribution in [2.75, 3.05) is 12.8 Å². The Morgan fingerprint density at radius 3 is 2.65 bits per heavy atom. The lowest BCUT2D eigenvalue weighted by Gasteiger charge is -2.05. The zero-order valence-electron chi connectivity index (χ0n) is 11.8. The molecule has 0 aliphatic rings. The number of anilines is 1. The minimum Gasteiger partial charge on any atom is -0.497 e. The molecule has 0 radical (unpaired) electrons. The van der Waals surface area contributed by atoms with Crippen LogP contribution in [-0.4, -0.2) is 16.7 Å². The first kappa shape index (κ1) is 12.5. The molecular formula is C16H17N3O. The van der Waals surface area contributed by atoms with E-state index < -0.39 is 0 Å². The van der Waals surface area contributed by atoms with Crippen molar-refractivity contribution in [2.45, 2.75) is 6.92 Å². The maximum atomic E-state index is 5.99. The summed E-state index contributed by atoms with van der Waals surface area (Å²) in [5, 5.41) is 0. The Labute approximate surface area is 117 Å². The molecule has 0 saturated heterocycles. The van der Waals surface area contributed by atoms with Crippen molar-refractivity contribution in [3.63, 3.8) is 0 Å². The van der Waals surface area contributed by atoms with E-state index in [1.54, 1.807) is 7.11 Å². The van der Waals surface area contributed by atoms with E-state index in [0.29, 0.717) is 0 Å². The van der Waals surface area contributed by atoms with Crippen LogP contribution in [0.1, 0.15) is 5.56 Å². The third-order valence-corrected chi connectivity index (χ3v) is 3.63. The summed E-state index contributed by atoms with van der Waals surface area (Å²) in [6.07, 6.45) is 0. The number of hydrogen-bond donors (Lipinski definition) is 1. The van der Waals surface area contributed by atoms with Gasteiger partial charge < -0.3 is 15.0 Å². The van der Waals surface area contributed by atoms with Crippen LogP contribution in [0.2, 0.25) is 0 Å². The van der Waals surface area contributed by atoms with Crippen LogP contribution in [-0.2, 0) is 7.05 Å². The quantitative estimate of drug-likeness (QED) is 0.726. The summed E-state index contributed by atoms with van der Waals surface area (Å²) < 4.78 is 7.31. The van der Waals surface area contributed by atoms with Gasteiger partial charge in [0.15, 0.2) is 0 Å². The van der Waals surface area contributed by atoms with Crippen molar-refractivity contribution in [1.29, 1.82) is 0 Å². The second-order valence-corrected chi connectivity index (χ2v) is 4.92. The first-order valence-electron chi connectivity index (χ1n) is 6.47. The number of aryl methyl sites for hydroxylation is 2. The van der Waals surface area contributed by atoms with E-state index >= 15 is 0 Å². The predicted octanol–water partition coefficient (Wildman–Crippen LogP) is 3.14. The predicted molar refractivity (Wildman–Crippen MR) is 81.9 cm³/mol. The number of nitrogens with two attached hydrogens (primary N) is 1. The van der Waals surface area contributed by atoms with Gasteiger partial charge in [-0.15, -0.1) is 0 Å². The zero-order valence-corrected chi connectivity index (χ0v) is 11.8. The first-order valence-corrected chi connectivity index (χ1v) is 6.47. The number of nitrogen functional groups attached to an aromatic ring is 1. The molecule has 0 aliphatic carbocycles. The Kier molecular flexibility index (Phi) is 2.86. The van der Waals surface area contributed by atoms with E-state index in [9.17, 15) is 0 Å². The van der Waals surface area contributed by atoms with Gasteiger partial charge >= 0.3 is 0 Å². The minimum atomic E-state index is 0.784. The summed E-state index contributed by atoms with van der Waals surface area (Å²) in [5.41, 5.74) is 10.9. The summed E-state index contributed by atoms with van der Waals surface area (Å²) in [5.74, 6) is 1.71. The standard InChI is InChI=1S/C16H17N3O/c1-10-4-5-11(8-13(10)17)16-18-14-9-12(20-3)6-7-15(14)19(16)2/h4-9H,17H2,1-3H3. The lowest BCUT2D eigenvalue weighted by molar-refractivity contribution is 0.415. The van der Waals surface area contributed by atoms with Crippen LogP contribution >= 0.6 is 0 Å². The number of fused-ring (bicyclic) bond motifs is 1. The molecule has 0 aliphatic heterocycles. The van der Waals surface area contributed by atoms with Crippen LogP contribution in [0.25, 0.3) is 22.4 Å². The van der Waals surface area contributed by atoms with Gasteiger partial charge in [0.25, 0.3) is 0 Å². The van der Waals surface area contributed by atoms with Crippen LogP contribution in [0.15, 0.2) is 36.4 Å². The zero-order chi connectivity index (χ0) is 14.3. The number of benzene rings is 2. The van der Waals surface area contributed by atoms with Crippen molar-refractivity contribution in [1.82, 2.24) is 9.55 Å². The average molecular weight is 267 g/mol. The van der Waals surface area contributed by atoms with Gasteiger partial charge in [0.1, 0.15) is 11.6 Å². The van der Waals surface area contributed by atoms with Gasteiger partial charge in [-0.1, -0.05) is 12.1 Å². The number of hydrogen-bond acceptors (Lipinski definition) is 3. The van der Waals surface area contributed by atoms with Crippen molar-refractivity contribution < 1.29 is 4.74 Å². The molecule has 4 heteroatoms. The highest BCUT2D eigenvalue weighted by molar-refractivity contribution is 5.82. The monoisotopic (exact) mass is 267 g/mol. The third-order valence-electron chi connectivity index (χ3n) is 3.63. The van der Waals surface area contributed by atoms with E-state index in [0.717, 1.165) is 39.4 Å². The second-order valence-electron chi connectivity index (χ2n) is 4.92. The molecule has 0 amide bonds. The van der Waals surface area contributed by atoms with Gasteiger partial charge in [-0.25, -0.2) is 4.98 Å². The molecule has 1 aromatic heterocycles. The maximum Gasteiger partial charge on any atom is 0.140 e. The second kappa shape index (κ2) is 4.56. The van der Waals surface area contributed by atoms with Crippen LogP contribution in [0.3, 0.4) is 0 Å². The Bertz CT molecular complexity index is 790. The number of rotatable bonds is 2. The molecular weight excluding hydrogens is 250 g/mol. The van der Waals surface area contributed by atoms with E-state index in [2.05, 4.69) is 9.55 Å². The minimum absolute atomic E-state index is 0.784. The van der Waals surface area contributed by atoms with Crippen molar-refractivity contribution in [3.05, 3.63) is 42.0 Å². The maximum absolute atomic E-state index is 5.99. The van der Waals surface area contributed by atoms with Gasteiger partial charge in [0.2, 0.25) is 0 Å². The van der Waals surface area contributed by atoms with E-state index in [-0.39, 0.29) is 0 Å². The number of aromatic nitrogens is 2. The molecule has 20 heavy (non-hydrogen) atoms. The summed E-state index contributed by atoms with van der Waals surface area (Å²) in [4.78, 5) is 4.69. The molecule has 0 saturated carbocycles. The van der Waals surface area contributed by atoms with Gasteiger partial charge in [0.05, 0.1) is 18.1 Å². The Morgan fingerprint density at radius 1 is 1.15 bits per heavy atom. The third kappa shape index (κ3) is 1.90. The summed E-state index contributed by atoms with van der Waals surface area (Å²) in [7, 11) is 3.67. The highest BCUT2D eigenvalue weighted by atomic mass is 16.5. The van der Waals surface area contributed by atoms with Crippen LogP contribution in [0.5, 0.6) is 5.75 Å². The Morgan fingerprint density at radius 2 is 1.95 bits per heavy atom. The topological polar surface area (TPSA) is 53.1 Å². The fourth-order valence-electron chi connectivity index (χ4n) is 2.34. The molecule has 0 spiro atoms. The number of methoxy groups -OCH3 is 1. The average Bonchev–Trinajstić information content (AvgIpc) is 2.78. The molecule has 3 aromatic rings. The van der Waals surface area contributed by atoms with Crippen molar-refractivity contribution >= 4 is 16.7 Å². The highest BCUT2D eigenvalue weighted by Crippen LogP contribution is 2.28. The lowest BCUT2D eigenvalue weighted by Crippen LogP contribution is -1.95. The molecule has 0 atom stereocenters. The van der Waals surface area contributed by atoms with Crippen LogP contribution in [0, 0.1) is 6.92 Å². The normalized spacial score (nSPS) is 10.9. The number of imidazole rings is 1. The van der Waals surface area contributed by atoms with Gasteiger partial charge in [-0.2, -0.15) is 0 Å². The lowest BCUT2D eigenvalue weighted by atomic mass is 10.1. The fraction of sp³-hybridized carbons (Fsp3) is 0.188. The smallest absolute Gasteiger partial charge is 0.140 e. The SMILES string of the molecule is COc1ccc2c(c1)nc(-c1ccc(C)c(N)c1)n2C. The largest absolute Gasteiger partial charge is 0.497 e. The summed E-state index contributed by atoms with van der Waals surface area (Å²) >= 11 is 0. The molecule has 4 nitrogen and oxygen atoms in total. The number of nitrogens with zero attached hydrogens (tertiary/aromatic N) is 2. The Hall–Kier alpha value is -2.49. The van der Waals surface area contributed by atoms with E-state index in [1.165, 1.54) is 0 Å². The molecule has 102 valence electrons. The van der Waals surface area contributed by atoms with Gasteiger partial charge in [-0.05, 0) is 30.7 Å². The summed E-state index contributed by atoms with van der Waals surface area (Å²) in [6, 6.07) is 11.9. The van der Waals surface area contributed by atoms with E-state index in [4.69, 9.17) is 10.5 Å². The molecule has 1 heterocycles. The first-order chi connectivity index (χ1) is 9.60.